The monoisotopic (exact) mass is 563 g/mol. The fraction of sp³-hybridized carbons (Fsp3) is 0.606. The third kappa shape index (κ3) is 5.14. The highest BCUT2D eigenvalue weighted by Crippen LogP contribution is 2.58. The second-order valence-electron chi connectivity index (χ2n) is 12.7. The summed E-state index contributed by atoms with van der Waals surface area (Å²) < 4.78 is 6.93. The Morgan fingerprint density at radius 1 is 0.951 bits per heavy atom. The molecule has 0 aliphatic carbocycles. The summed E-state index contributed by atoms with van der Waals surface area (Å²) in [5, 5.41) is 10.5. The lowest BCUT2D eigenvalue weighted by Gasteiger charge is -2.40. The van der Waals surface area contributed by atoms with E-state index >= 15 is 0 Å². The number of hydrogen-bond donors (Lipinski definition) is 1. The van der Waals surface area contributed by atoms with E-state index in [0.717, 1.165) is 24.8 Å². The molecule has 2 saturated heterocycles. The quantitative estimate of drug-likeness (QED) is 0.347. The van der Waals surface area contributed by atoms with Crippen molar-refractivity contribution >= 4 is 17.7 Å². The van der Waals surface area contributed by atoms with E-state index < -0.39 is 35.1 Å². The number of amides is 3. The number of aliphatic hydroxyl groups is 1. The van der Waals surface area contributed by atoms with Gasteiger partial charge < -0.3 is 24.5 Å². The molecule has 8 nitrogen and oxygen atoms in total. The molecule has 0 bridgehead atoms. The summed E-state index contributed by atoms with van der Waals surface area (Å²) in [6, 6.07) is 8.34. The summed E-state index contributed by atoms with van der Waals surface area (Å²) in [6.07, 6.45) is 11.2. The van der Waals surface area contributed by atoms with Crippen LogP contribution in [0.2, 0.25) is 0 Å². The van der Waals surface area contributed by atoms with Crippen molar-refractivity contribution in [3.05, 3.63) is 60.2 Å². The highest BCUT2D eigenvalue weighted by atomic mass is 16.5. The van der Waals surface area contributed by atoms with Gasteiger partial charge in [0.25, 0.3) is 0 Å². The van der Waals surface area contributed by atoms with Gasteiger partial charge in [0, 0.05) is 26.2 Å². The first-order valence-corrected chi connectivity index (χ1v) is 15.3. The van der Waals surface area contributed by atoms with Gasteiger partial charge in [-0.3, -0.25) is 14.4 Å². The summed E-state index contributed by atoms with van der Waals surface area (Å²) in [4.78, 5) is 48.6. The van der Waals surface area contributed by atoms with Crippen molar-refractivity contribution in [2.24, 2.45) is 17.8 Å². The molecule has 0 radical (unpaired) electrons. The fourth-order valence-corrected chi connectivity index (χ4v) is 7.47. The predicted molar refractivity (Wildman–Crippen MR) is 156 cm³/mol. The summed E-state index contributed by atoms with van der Waals surface area (Å²) in [6.45, 7) is 9.68. The van der Waals surface area contributed by atoms with E-state index in [1.54, 1.807) is 9.80 Å². The van der Waals surface area contributed by atoms with Crippen LogP contribution in [0.5, 0.6) is 0 Å². The van der Waals surface area contributed by atoms with Crippen LogP contribution in [0.4, 0.5) is 0 Å². The predicted octanol–water partition coefficient (Wildman–Crippen LogP) is 3.55. The maximum absolute atomic E-state index is 14.6. The Balaban J connectivity index is 1.58. The molecular formula is C33H45N3O5. The summed E-state index contributed by atoms with van der Waals surface area (Å²) in [7, 11) is 0. The summed E-state index contributed by atoms with van der Waals surface area (Å²) >= 11 is 0. The Morgan fingerprint density at radius 2 is 1.66 bits per heavy atom. The molecule has 41 heavy (non-hydrogen) atoms. The van der Waals surface area contributed by atoms with Crippen molar-refractivity contribution in [3.63, 3.8) is 0 Å². The first-order valence-electron chi connectivity index (χ1n) is 15.3. The Morgan fingerprint density at radius 3 is 2.34 bits per heavy atom. The molecule has 4 aliphatic rings. The number of carbonyl (C=O) groups excluding carboxylic acids is 3. The van der Waals surface area contributed by atoms with E-state index in [0.29, 0.717) is 32.6 Å². The number of carbonyl (C=O) groups is 3. The lowest BCUT2D eigenvalue weighted by molar-refractivity contribution is -0.156. The molecule has 2 fully saturated rings. The molecular weight excluding hydrogens is 518 g/mol. The Bertz CT molecular complexity index is 1200. The smallest absolute Gasteiger partial charge is 0.249 e. The number of aliphatic hydroxyl groups excluding tert-OH is 1. The lowest BCUT2D eigenvalue weighted by atomic mass is 9.74. The van der Waals surface area contributed by atoms with Crippen LogP contribution in [0.3, 0.4) is 0 Å². The van der Waals surface area contributed by atoms with Crippen LogP contribution in [0.1, 0.15) is 58.9 Å². The minimum atomic E-state index is -1.30. The zero-order valence-corrected chi connectivity index (χ0v) is 24.9. The number of hydrogen-bond acceptors (Lipinski definition) is 5. The van der Waals surface area contributed by atoms with Crippen molar-refractivity contribution in [1.29, 1.82) is 0 Å². The van der Waals surface area contributed by atoms with Gasteiger partial charge in [-0.1, -0.05) is 88.2 Å². The molecule has 1 aromatic rings. The highest BCUT2D eigenvalue weighted by Gasteiger charge is 2.75. The van der Waals surface area contributed by atoms with E-state index in [1.165, 1.54) is 0 Å². The van der Waals surface area contributed by atoms with Crippen LogP contribution in [-0.2, 0) is 25.7 Å². The second-order valence-corrected chi connectivity index (χ2v) is 12.7. The van der Waals surface area contributed by atoms with Crippen LogP contribution in [0.25, 0.3) is 0 Å². The molecule has 1 spiro atoms. The van der Waals surface area contributed by atoms with E-state index in [4.69, 9.17) is 4.74 Å². The fourth-order valence-electron chi connectivity index (χ4n) is 7.47. The maximum atomic E-state index is 14.6. The number of nitrogens with zero attached hydrogens (tertiary/aromatic N) is 3. The normalized spacial score (nSPS) is 31.8. The Kier molecular flexibility index (Phi) is 8.44. The molecule has 0 aromatic heterocycles. The van der Waals surface area contributed by atoms with Gasteiger partial charge >= 0.3 is 0 Å². The SMILES string of the molecule is CCCCCN1CC=C[C@]23O[C@]4(C)C=CCN(Cc5ccccc5)C(=O)[C@@H]4[C@H]2C(=O)N([C@@H](CO)CC(C)C)C3C1=O. The summed E-state index contributed by atoms with van der Waals surface area (Å²) in [5.41, 5.74) is -1.34. The van der Waals surface area contributed by atoms with Gasteiger partial charge in [0.1, 0.15) is 11.6 Å². The van der Waals surface area contributed by atoms with E-state index in [-0.39, 0.29) is 30.2 Å². The molecule has 4 heterocycles. The van der Waals surface area contributed by atoms with Gasteiger partial charge in [0.05, 0.1) is 30.1 Å². The van der Waals surface area contributed by atoms with Crippen molar-refractivity contribution < 1.29 is 24.2 Å². The zero-order valence-electron chi connectivity index (χ0n) is 24.9. The van der Waals surface area contributed by atoms with Gasteiger partial charge in [-0.25, -0.2) is 0 Å². The van der Waals surface area contributed by atoms with Gasteiger partial charge in [-0.15, -0.1) is 0 Å². The minimum absolute atomic E-state index is 0.147. The molecule has 1 aromatic carbocycles. The van der Waals surface area contributed by atoms with Crippen LogP contribution >= 0.6 is 0 Å². The Labute approximate surface area is 244 Å². The zero-order chi connectivity index (χ0) is 29.4. The second kappa shape index (κ2) is 11.7. The van der Waals surface area contributed by atoms with Crippen molar-refractivity contribution in [3.8, 4) is 0 Å². The summed E-state index contributed by atoms with van der Waals surface area (Å²) in [5.74, 6) is -2.06. The van der Waals surface area contributed by atoms with Gasteiger partial charge in [-0.05, 0) is 31.2 Å². The standard InChI is InChI=1S/C33H45N3O5/c1-5-6-10-17-34-18-12-16-33-27(30(39)36(28(33)31(34)40)25(22-37)20-23(2)3)26-29(38)35(19-11-15-32(26,4)41-33)21-24-13-8-7-9-14-24/h7-9,11-16,23,25-28,37H,5-6,10,17-22H2,1-4H3/t25-,26+,27+,28?,32-,33+/m1/s1. The Hall–Kier alpha value is -2.97. The van der Waals surface area contributed by atoms with E-state index in [2.05, 4.69) is 6.92 Å². The molecule has 222 valence electrons. The number of fused-ring (bicyclic) bond motifs is 2. The average molecular weight is 564 g/mol. The molecule has 1 unspecified atom stereocenters. The lowest BCUT2D eigenvalue weighted by Crippen LogP contribution is -2.59. The van der Waals surface area contributed by atoms with Gasteiger partial charge in [-0.2, -0.15) is 0 Å². The number of likely N-dealkylation sites (tertiary alicyclic amines) is 1. The molecule has 4 aliphatic heterocycles. The molecule has 3 amide bonds. The number of benzene rings is 1. The van der Waals surface area contributed by atoms with E-state index in [9.17, 15) is 19.5 Å². The largest absolute Gasteiger partial charge is 0.394 e. The van der Waals surface area contributed by atoms with Crippen molar-refractivity contribution in [1.82, 2.24) is 14.7 Å². The maximum Gasteiger partial charge on any atom is 0.249 e. The third-order valence-corrected chi connectivity index (χ3v) is 9.26. The number of unbranched alkanes of at least 4 members (excludes halogenated alkanes) is 2. The number of ether oxygens (including phenoxy) is 1. The van der Waals surface area contributed by atoms with Crippen LogP contribution in [-0.4, -0.2) is 87.1 Å². The van der Waals surface area contributed by atoms with Crippen LogP contribution < -0.4 is 0 Å². The van der Waals surface area contributed by atoms with Crippen molar-refractivity contribution in [2.45, 2.75) is 83.2 Å². The van der Waals surface area contributed by atoms with Crippen LogP contribution in [0.15, 0.2) is 54.6 Å². The highest BCUT2D eigenvalue weighted by molar-refractivity contribution is 6.00. The molecule has 5 rings (SSSR count). The first kappa shape index (κ1) is 29.5. The van der Waals surface area contributed by atoms with E-state index in [1.807, 2.05) is 80.3 Å². The van der Waals surface area contributed by atoms with Crippen molar-refractivity contribution in [2.75, 3.05) is 26.2 Å². The van der Waals surface area contributed by atoms with Gasteiger partial charge in [0.15, 0.2) is 0 Å². The number of rotatable bonds is 10. The van der Waals surface area contributed by atoms with Crippen LogP contribution in [0, 0.1) is 17.8 Å². The third-order valence-electron chi connectivity index (χ3n) is 9.26. The topological polar surface area (TPSA) is 90.4 Å². The first-order chi connectivity index (χ1) is 19.7. The molecule has 6 atom stereocenters. The minimum Gasteiger partial charge on any atom is -0.394 e. The average Bonchev–Trinajstić information content (AvgIpc) is 3.23. The molecule has 1 N–H and O–H groups in total. The molecule has 8 heteroatoms. The molecule has 0 saturated carbocycles. The van der Waals surface area contributed by atoms with Gasteiger partial charge in [0.2, 0.25) is 17.7 Å².